The minimum atomic E-state index is -0.339. The van der Waals surface area contributed by atoms with Crippen LogP contribution in [0.3, 0.4) is 0 Å². The van der Waals surface area contributed by atoms with Gasteiger partial charge in [-0.1, -0.05) is 37.5 Å². The van der Waals surface area contributed by atoms with Crippen LogP contribution in [-0.4, -0.2) is 18.6 Å². The van der Waals surface area contributed by atoms with Crippen LogP contribution in [0.5, 0.6) is 0 Å². The summed E-state index contributed by atoms with van der Waals surface area (Å²) >= 11 is 0. The Labute approximate surface area is 128 Å². The molecule has 1 aliphatic carbocycles. The van der Waals surface area contributed by atoms with E-state index in [9.17, 15) is 4.79 Å². The molecule has 3 nitrogen and oxygen atoms in total. The number of ether oxygens (including phenoxy) is 1. The first kappa shape index (κ1) is 16.0. The normalized spacial score (nSPS) is 17.5. The highest BCUT2D eigenvalue weighted by Gasteiger charge is 2.28. The van der Waals surface area contributed by atoms with Gasteiger partial charge in [-0.05, 0) is 50.3 Å². The van der Waals surface area contributed by atoms with E-state index < -0.39 is 0 Å². The Bertz CT molecular complexity index is 458. The number of aryl methyl sites for hydroxylation is 2. The molecule has 1 fully saturated rings. The quantitative estimate of drug-likeness (QED) is 0.837. The fourth-order valence-electron chi connectivity index (χ4n) is 3.28. The molecule has 1 aromatic rings. The molecule has 0 radical (unpaired) electrons. The minimum Gasteiger partial charge on any atom is -0.465 e. The van der Waals surface area contributed by atoms with E-state index in [1.807, 2.05) is 13.0 Å². The van der Waals surface area contributed by atoms with Crippen LogP contribution in [0.4, 0.5) is 0 Å². The third-order valence-electron chi connectivity index (χ3n) is 4.36. The van der Waals surface area contributed by atoms with Crippen molar-refractivity contribution in [1.29, 1.82) is 0 Å². The molecule has 3 heteroatoms. The van der Waals surface area contributed by atoms with Crippen molar-refractivity contribution in [2.45, 2.75) is 65.0 Å². The number of rotatable bonds is 5. The molecule has 0 heterocycles. The lowest BCUT2D eigenvalue weighted by atomic mass is 9.91. The highest BCUT2D eigenvalue weighted by Crippen LogP contribution is 2.26. The number of carbonyl (C=O) groups excluding carboxylic acids is 1. The molecule has 1 aliphatic rings. The standard InChI is InChI=1S/C18H27NO2/c1-4-21-18(20)17(19-15-11-6-5-7-12-15)16-13(2)9-8-10-14(16)3/h8-10,15,17,19H,4-7,11-12H2,1-3H3. The Morgan fingerprint density at radius 1 is 1.24 bits per heavy atom. The molecule has 0 bridgehead atoms. The predicted molar refractivity (Wildman–Crippen MR) is 85.3 cm³/mol. The summed E-state index contributed by atoms with van der Waals surface area (Å²) in [5.74, 6) is -0.152. The molecule has 21 heavy (non-hydrogen) atoms. The first-order valence-corrected chi connectivity index (χ1v) is 8.12. The van der Waals surface area contributed by atoms with Gasteiger partial charge in [0.2, 0.25) is 0 Å². The number of carbonyl (C=O) groups is 1. The van der Waals surface area contributed by atoms with E-state index in [1.54, 1.807) is 0 Å². The number of nitrogens with one attached hydrogen (secondary N) is 1. The molecule has 1 atom stereocenters. The van der Waals surface area contributed by atoms with Crippen molar-refractivity contribution in [1.82, 2.24) is 5.32 Å². The van der Waals surface area contributed by atoms with Crippen molar-refractivity contribution >= 4 is 5.97 Å². The van der Waals surface area contributed by atoms with Crippen molar-refractivity contribution < 1.29 is 9.53 Å². The van der Waals surface area contributed by atoms with Gasteiger partial charge in [0.05, 0.1) is 6.61 Å². The number of hydrogen-bond acceptors (Lipinski definition) is 3. The molecule has 1 aromatic carbocycles. The van der Waals surface area contributed by atoms with Gasteiger partial charge in [-0.25, -0.2) is 4.79 Å². The van der Waals surface area contributed by atoms with Crippen molar-refractivity contribution in [3.63, 3.8) is 0 Å². The number of benzene rings is 1. The summed E-state index contributed by atoms with van der Waals surface area (Å²) in [4.78, 5) is 12.4. The maximum atomic E-state index is 12.4. The molecule has 0 aliphatic heterocycles. The fraction of sp³-hybridized carbons (Fsp3) is 0.611. The summed E-state index contributed by atoms with van der Waals surface area (Å²) in [5, 5.41) is 3.56. The van der Waals surface area contributed by atoms with Gasteiger partial charge < -0.3 is 4.74 Å². The van der Waals surface area contributed by atoms with Crippen LogP contribution in [0.1, 0.15) is 61.8 Å². The van der Waals surface area contributed by atoms with E-state index in [2.05, 4.69) is 31.3 Å². The molecular weight excluding hydrogens is 262 g/mol. The molecule has 2 rings (SSSR count). The van der Waals surface area contributed by atoms with Crippen LogP contribution in [0, 0.1) is 13.8 Å². The predicted octanol–water partition coefficient (Wildman–Crippen LogP) is 3.83. The molecule has 1 unspecified atom stereocenters. The second-order valence-electron chi connectivity index (χ2n) is 5.99. The number of esters is 1. The minimum absolute atomic E-state index is 0.152. The van der Waals surface area contributed by atoms with Crippen LogP contribution in [-0.2, 0) is 9.53 Å². The maximum Gasteiger partial charge on any atom is 0.327 e. The van der Waals surface area contributed by atoms with Crippen LogP contribution < -0.4 is 5.32 Å². The summed E-state index contributed by atoms with van der Waals surface area (Å²) in [7, 11) is 0. The van der Waals surface area contributed by atoms with Crippen LogP contribution in [0.15, 0.2) is 18.2 Å². The molecule has 116 valence electrons. The molecule has 1 N–H and O–H groups in total. The molecule has 1 saturated carbocycles. The number of hydrogen-bond donors (Lipinski definition) is 1. The van der Waals surface area contributed by atoms with Crippen molar-refractivity contribution in [2.75, 3.05) is 6.61 Å². The molecule has 0 amide bonds. The second-order valence-corrected chi connectivity index (χ2v) is 5.99. The maximum absolute atomic E-state index is 12.4. The monoisotopic (exact) mass is 289 g/mol. The SMILES string of the molecule is CCOC(=O)C(NC1CCCCC1)c1c(C)cccc1C. The summed E-state index contributed by atoms with van der Waals surface area (Å²) in [6.45, 7) is 6.42. The lowest BCUT2D eigenvalue weighted by molar-refractivity contribution is -0.146. The Hall–Kier alpha value is -1.35. The third kappa shape index (κ3) is 4.07. The van der Waals surface area contributed by atoms with Gasteiger partial charge in [0.25, 0.3) is 0 Å². The molecule has 0 aromatic heterocycles. The second kappa shape index (κ2) is 7.60. The Balaban J connectivity index is 2.24. The Kier molecular flexibility index (Phi) is 5.80. The summed E-state index contributed by atoms with van der Waals surface area (Å²) in [6, 6.07) is 6.26. The van der Waals surface area contributed by atoms with Gasteiger partial charge >= 0.3 is 5.97 Å². The van der Waals surface area contributed by atoms with Crippen molar-refractivity contribution in [3.8, 4) is 0 Å². The summed E-state index contributed by atoms with van der Waals surface area (Å²) < 4.78 is 5.31. The Morgan fingerprint density at radius 2 is 1.86 bits per heavy atom. The van der Waals surface area contributed by atoms with E-state index in [0.29, 0.717) is 12.6 Å². The van der Waals surface area contributed by atoms with Gasteiger partial charge in [0.15, 0.2) is 0 Å². The van der Waals surface area contributed by atoms with Gasteiger partial charge in [0, 0.05) is 6.04 Å². The van der Waals surface area contributed by atoms with E-state index in [4.69, 9.17) is 4.74 Å². The molecular formula is C18H27NO2. The molecule has 0 spiro atoms. The smallest absolute Gasteiger partial charge is 0.327 e. The first-order valence-electron chi connectivity index (χ1n) is 8.12. The van der Waals surface area contributed by atoms with E-state index >= 15 is 0 Å². The lowest BCUT2D eigenvalue weighted by Gasteiger charge is -2.29. The van der Waals surface area contributed by atoms with E-state index in [-0.39, 0.29) is 12.0 Å². The van der Waals surface area contributed by atoms with Crippen molar-refractivity contribution in [3.05, 3.63) is 34.9 Å². The average molecular weight is 289 g/mol. The van der Waals surface area contributed by atoms with E-state index in [0.717, 1.165) is 29.5 Å². The van der Waals surface area contributed by atoms with Crippen molar-refractivity contribution in [2.24, 2.45) is 0 Å². The molecule has 0 saturated heterocycles. The van der Waals surface area contributed by atoms with Gasteiger partial charge in [-0.2, -0.15) is 0 Å². The zero-order valence-corrected chi connectivity index (χ0v) is 13.4. The fourth-order valence-corrected chi connectivity index (χ4v) is 3.28. The topological polar surface area (TPSA) is 38.3 Å². The zero-order valence-electron chi connectivity index (χ0n) is 13.4. The van der Waals surface area contributed by atoms with Crippen LogP contribution in [0.25, 0.3) is 0 Å². The van der Waals surface area contributed by atoms with E-state index in [1.165, 1.54) is 19.3 Å². The lowest BCUT2D eigenvalue weighted by Crippen LogP contribution is -2.39. The van der Waals surface area contributed by atoms with Crippen LogP contribution in [0.2, 0.25) is 0 Å². The van der Waals surface area contributed by atoms with Gasteiger partial charge in [0.1, 0.15) is 6.04 Å². The highest BCUT2D eigenvalue weighted by atomic mass is 16.5. The summed E-state index contributed by atoms with van der Waals surface area (Å²) in [5.41, 5.74) is 3.38. The van der Waals surface area contributed by atoms with Gasteiger partial charge in [-0.15, -0.1) is 0 Å². The first-order chi connectivity index (χ1) is 10.1. The average Bonchev–Trinajstić information content (AvgIpc) is 2.47. The largest absolute Gasteiger partial charge is 0.465 e. The van der Waals surface area contributed by atoms with Crippen LogP contribution >= 0.6 is 0 Å². The summed E-state index contributed by atoms with van der Waals surface area (Å²) in [6.07, 6.45) is 6.12. The highest BCUT2D eigenvalue weighted by molar-refractivity contribution is 5.78. The van der Waals surface area contributed by atoms with Gasteiger partial charge in [-0.3, -0.25) is 5.32 Å². The zero-order chi connectivity index (χ0) is 15.2. The third-order valence-corrected chi connectivity index (χ3v) is 4.36. The Morgan fingerprint density at radius 3 is 2.43 bits per heavy atom.